The Kier molecular flexibility index (Phi) is 5.58. The van der Waals surface area contributed by atoms with E-state index in [0.29, 0.717) is 29.9 Å². The molecule has 1 atom stereocenters. The summed E-state index contributed by atoms with van der Waals surface area (Å²) in [6.45, 7) is 6.16. The van der Waals surface area contributed by atoms with Crippen molar-refractivity contribution < 1.29 is 9.90 Å². The maximum absolute atomic E-state index is 12.7. The molecule has 0 aliphatic carbocycles. The van der Waals surface area contributed by atoms with Crippen LogP contribution in [0.2, 0.25) is 0 Å². The summed E-state index contributed by atoms with van der Waals surface area (Å²) in [6, 6.07) is 6.08. The lowest BCUT2D eigenvalue weighted by Crippen LogP contribution is -2.41. The van der Waals surface area contributed by atoms with E-state index in [1.54, 1.807) is 42.7 Å². The lowest BCUT2D eigenvalue weighted by Gasteiger charge is -2.15. The molecule has 1 aromatic carbocycles. The fourth-order valence-corrected chi connectivity index (χ4v) is 2.93. The van der Waals surface area contributed by atoms with Crippen molar-refractivity contribution in [1.82, 2.24) is 9.13 Å². The first-order chi connectivity index (χ1) is 11.8. The van der Waals surface area contributed by atoms with Crippen LogP contribution in [-0.2, 0) is 24.3 Å². The minimum atomic E-state index is -1.05. The van der Waals surface area contributed by atoms with E-state index in [0.717, 1.165) is 5.56 Å². The summed E-state index contributed by atoms with van der Waals surface area (Å²) in [4.78, 5) is 35.9. The summed E-state index contributed by atoms with van der Waals surface area (Å²) >= 11 is 0. The smallest absolute Gasteiger partial charge is 0.331 e. The lowest BCUT2D eigenvalue weighted by molar-refractivity contribution is -0.138. The van der Waals surface area contributed by atoms with E-state index in [1.807, 2.05) is 6.92 Å². The number of carbonyl (C=O) groups is 1. The number of nitrogens with zero attached hydrogens (tertiary/aromatic N) is 2. The van der Waals surface area contributed by atoms with Crippen LogP contribution in [0, 0.1) is 6.92 Å². The van der Waals surface area contributed by atoms with Crippen LogP contribution in [0.15, 0.2) is 33.9 Å². The molecule has 2 rings (SSSR count). The largest absolute Gasteiger partial charge is 0.480 e. The molecule has 0 fully saturated rings. The van der Waals surface area contributed by atoms with Crippen molar-refractivity contribution in [2.24, 2.45) is 5.73 Å². The minimum absolute atomic E-state index is 0.211. The van der Waals surface area contributed by atoms with Gasteiger partial charge in [-0.25, -0.2) is 4.79 Å². The van der Waals surface area contributed by atoms with Crippen molar-refractivity contribution >= 4 is 5.97 Å². The second kappa shape index (κ2) is 7.48. The molecule has 3 N–H and O–H groups in total. The number of carboxylic acids is 1. The van der Waals surface area contributed by atoms with E-state index < -0.39 is 12.0 Å². The van der Waals surface area contributed by atoms with Gasteiger partial charge in [-0.3, -0.25) is 18.7 Å². The molecule has 0 amide bonds. The topological polar surface area (TPSA) is 107 Å². The molecule has 0 saturated carbocycles. The maximum Gasteiger partial charge on any atom is 0.331 e. The average molecular weight is 345 g/mol. The average Bonchev–Trinajstić information content (AvgIpc) is 2.57. The first-order valence-corrected chi connectivity index (χ1v) is 8.23. The van der Waals surface area contributed by atoms with Crippen LogP contribution in [0.25, 0.3) is 11.1 Å². The Bertz CT molecular complexity index is 894. The minimum Gasteiger partial charge on any atom is -0.480 e. The molecule has 0 saturated heterocycles. The van der Waals surface area contributed by atoms with Crippen molar-refractivity contribution in [3.63, 3.8) is 0 Å². The van der Waals surface area contributed by atoms with Crippen LogP contribution in [0.4, 0.5) is 0 Å². The number of benzene rings is 1. The molecule has 25 heavy (non-hydrogen) atoms. The zero-order valence-electron chi connectivity index (χ0n) is 14.7. The molecule has 0 spiro atoms. The van der Waals surface area contributed by atoms with Gasteiger partial charge in [0.25, 0.3) is 5.56 Å². The SMILES string of the molecule is CCn1c(C)c(-c2ccc(C[C@H](N)C(=O)O)cc2)c(=O)n(CC)c1=O. The molecule has 7 nitrogen and oxygen atoms in total. The number of carboxylic acid groups (broad SMARTS) is 1. The standard InChI is InChI=1S/C18H23N3O4/c1-4-20-11(3)15(16(22)21(5-2)18(20)25)13-8-6-12(7-9-13)10-14(19)17(23)24/h6-9,14H,4-5,10,19H2,1-3H3,(H,23,24)/t14-/m0/s1. The fourth-order valence-electron chi connectivity index (χ4n) is 2.93. The van der Waals surface area contributed by atoms with Crippen LogP contribution in [0.3, 0.4) is 0 Å². The van der Waals surface area contributed by atoms with Crippen LogP contribution in [0.1, 0.15) is 25.1 Å². The van der Waals surface area contributed by atoms with Crippen LogP contribution in [-0.4, -0.2) is 26.3 Å². The highest BCUT2D eigenvalue weighted by atomic mass is 16.4. The first-order valence-electron chi connectivity index (χ1n) is 8.23. The van der Waals surface area contributed by atoms with Crippen molar-refractivity contribution in [1.29, 1.82) is 0 Å². The van der Waals surface area contributed by atoms with Crippen molar-refractivity contribution in [3.8, 4) is 11.1 Å². The molecule has 0 aliphatic heterocycles. The summed E-state index contributed by atoms with van der Waals surface area (Å²) in [5, 5.41) is 8.89. The number of aromatic nitrogens is 2. The molecule has 7 heteroatoms. The zero-order chi connectivity index (χ0) is 18.7. The van der Waals surface area contributed by atoms with E-state index in [9.17, 15) is 14.4 Å². The molecule has 1 aromatic heterocycles. The molecular formula is C18H23N3O4. The highest BCUT2D eigenvalue weighted by Crippen LogP contribution is 2.20. The van der Waals surface area contributed by atoms with Gasteiger partial charge in [-0.2, -0.15) is 0 Å². The van der Waals surface area contributed by atoms with Crippen LogP contribution >= 0.6 is 0 Å². The number of nitrogens with two attached hydrogens (primary N) is 1. The monoisotopic (exact) mass is 345 g/mol. The molecule has 0 radical (unpaired) electrons. The Labute approximate surface area is 145 Å². The van der Waals surface area contributed by atoms with E-state index >= 15 is 0 Å². The van der Waals surface area contributed by atoms with Crippen molar-refractivity contribution in [3.05, 3.63) is 56.4 Å². The Morgan fingerprint density at radius 3 is 2.16 bits per heavy atom. The Hall–Kier alpha value is -2.67. The molecule has 1 heterocycles. The van der Waals surface area contributed by atoms with Gasteiger partial charge in [0, 0.05) is 18.8 Å². The summed E-state index contributed by atoms with van der Waals surface area (Å²) in [6.07, 6.45) is 0.211. The molecule has 0 aliphatic rings. The van der Waals surface area contributed by atoms with Crippen LogP contribution in [0.5, 0.6) is 0 Å². The van der Waals surface area contributed by atoms with Crippen LogP contribution < -0.4 is 17.0 Å². The molecule has 0 bridgehead atoms. The predicted octanol–water partition coefficient (Wildman–Crippen LogP) is 0.980. The fraction of sp³-hybridized carbons (Fsp3) is 0.389. The first kappa shape index (κ1) is 18.7. The Morgan fingerprint density at radius 2 is 1.68 bits per heavy atom. The Morgan fingerprint density at radius 1 is 1.12 bits per heavy atom. The second-order valence-corrected chi connectivity index (χ2v) is 5.88. The highest BCUT2D eigenvalue weighted by molar-refractivity contribution is 5.73. The molecular weight excluding hydrogens is 322 g/mol. The quantitative estimate of drug-likeness (QED) is 0.811. The van der Waals surface area contributed by atoms with Gasteiger partial charge in [0.05, 0.1) is 5.56 Å². The van der Waals surface area contributed by atoms with Gasteiger partial charge >= 0.3 is 11.7 Å². The number of rotatable bonds is 6. The van der Waals surface area contributed by atoms with E-state index in [-0.39, 0.29) is 17.7 Å². The highest BCUT2D eigenvalue weighted by Gasteiger charge is 2.17. The summed E-state index contributed by atoms with van der Waals surface area (Å²) in [7, 11) is 0. The predicted molar refractivity (Wildman–Crippen MR) is 95.8 cm³/mol. The second-order valence-electron chi connectivity index (χ2n) is 5.88. The van der Waals surface area contributed by atoms with Crippen molar-refractivity contribution in [2.45, 2.75) is 46.3 Å². The lowest BCUT2D eigenvalue weighted by atomic mass is 10.0. The van der Waals surface area contributed by atoms with E-state index in [2.05, 4.69) is 0 Å². The van der Waals surface area contributed by atoms with Gasteiger partial charge in [0.15, 0.2) is 0 Å². The van der Waals surface area contributed by atoms with Gasteiger partial charge < -0.3 is 10.8 Å². The summed E-state index contributed by atoms with van der Waals surface area (Å²) in [5.41, 5.74) is 7.50. The van der Waals surface area contributed by atoms with Crippen molar-refractivity contribution in [2.75, 3.05) is 0 Å². The number of hydrogen-bond acceptors (Lipinski definition) is 4. The number of aliphatic carboxylic acids is 1. The molecule has 134 valence electrons. The van der Waals surface area contributed by atoms with Gasteiger partial charge in [-0.1, -0.05) is 24.3 Å². The third kappa shape index (κ3) is 3.56. The molecule has 2 aromatic rings. The van der Waals surface area contributed by atoms with Gasteiger partial charge in [0.2, 0.25) is 0 Å². The van der Waals surface area contributed by atoms with Gasteiger partial charge in [0.1, 0.15) is 6.04 Å². The summed E-state index contributed by atoms with van der Waals surface area (Å²) < 4.78 is 2.80. The molecule has 0 unspecified atom stereocenters. The number of hydrogen-bond donors (Lipinski definition) is 2. The van der Waals surface area contributed by atoms with Gasteiger partial charge in [-0.15, -0.1) is 0 Å². The normalized spacial score (nSPS) is 12.2. The maximum atomic E-state index is 12.7. The zero-order valence-corrected chi connectivity index (χ0v) is 14.7. The van der Waals surface area contributed by atoms with E-state index in [4.69, 9.17) is 10.8 Å². The van der Waals surface area contributed by atoms with E-state index in [1.165, 1.54) is 4.57 Å². The third-order valence-electron chi connectivity index (χ3n) is 4.34. The Balaban J connectivity index is 2.54. The summed E-state index contributed by atoms with van der Waals surface area (Å²) in [5.74, 6) is -1.05. The van der Waals surface area contributed by atoms with Gasteiger partial charge in [-0.05, 0) is 38.3 Å². The third-order valence-corrected chi connectivity index (χ3v) is 4.34.